The molecular formula is C11H13NO. The van der Waals surface area contributed by atoms with Crippen molar-refractivity contribution in [2.24, 2.45) is 0 Å². The van der Waals surface area contributed by atoms with E-state index in [1.54, 1.807) is 4.90 Å². The standard InChI is InChI=1S/C11H13NO/c1-7-6-12(11(5)13)10(4)9(3)8(7)2/h1-4,6H2,5H3. The van der Waals surface area contributed by atoms with E-state index in [1.807, 2.05) is 0 Å². The Morgan fingerprint density at radius 1 is 1.23 bits per heavy atom. The second kappa shape index (κ2) is 3.05. The lowest BCUT2D eigenvalue weighted by molar-refractivity contribution is -0.126. The van der Waals surface area contributed by atoms with E-state index in [2.05, 4.69) is 26.3 Å². The van der Waals surface area contributed by atoms with Gasteiger partial charge in [0.15, 0.2) is 0 Å². The van der Waals surface area contributed by atoms with Gasteiger partial charge in [-0.05, 0) is 16.7 Å². The Bertz CT molecular complexity index is 336. The summed E-state index contributed by atoms with van der Waals surface area (Å²) in [6, 6.07) is 0. The molecule has 1 fully saturated rings. The van der Waals surface area contributed by atoms with Crippen LogP contribution in [0.15, 0.2) is 48.7 Å². The van der Waals surface area contributed by atoms with Crippen molar-refractivity contribution in [3.63, 3.8) is 0 Å². The number of likely N-dealkylation sites (tertiary alicyclic amines) is 1. The summed E-state index contributed by atoms with van der Waals surface area (Å²) in [5.41, 5.74) is 2.95. The van der Waals surface area contributed by atoms with Crippen molar-refractivity contribution >= 4 is 5.91 Å². The maximum Gasteiger partial charge on any atom is 0.224 e. The van der Waals surface area contributed by atoms with Crippen LogP contribution in [0.25, 0.3) is 0 Å². The lowest BCUT2D eigenvalue weighted by Crippen LogP contribution is -2.34. The van der Waals surface area contributed by atoms with Gasteiger partial charge in [-0.15, -0.1) is 0 Å². The first-order chi connectivity index (χ1) is 5.95. The molecule has 1 saturated heterocycles. The topological polar surface area (TPSA) is 20.3 Å². The first-order valence-electron chi connectivity index (χ1n) is 3.99. The molecule has 0 aromatic heterocycles. The average Bonchev–Trinajstić information content (AvgIpc) is 2.07. The van der Waals surface area contributed by atoms with Crippen LogP contribution >= 0.6 is 0 Å². The van der Waals surface area contributed by atoms with E-state index in [9.17, 15) is 4.79 Å². The van der Waals surface area contributed by atoms with E-state index < -0.39 is 0 Å². The molecule has 0 aromatic rings. The third-order valence-corrected chi connectivity index (χ3v) is 2.19. The number of allylic oxidation sites excluding steroid dienone is 1. The summed E-state index contributed by atoms with van der Waals surface area (Å²) in [6.45, 7) is 17.2. The fraction of sp³-hybridized carbons (Fsp3) is 0.182. The van der Waals surface area contributed by atoms with Gasteiger partial charge in [0.2, 0.25) is 5.91 Å². The van der Waals surface area contributed by atoms with Crippen LogP contribution in [0.4, 0.5) is 0 Å². The second-order valence-electron chi connectivity index (χ2n) is 3.11. The van der Waals surface area contributed by atoms with Crippen molar-refractivity contribution in [3.8, 4) is 0 Å². The minimum Gasteiger partial charge on any atom is -0.308 e. The molecule has 0 bridgehead atoms. The van der Waals surface area contributed by atoms with Gasteiger partial charge < -0.3 is 4.90 Å². The fourth-order valence-electron chi connectivity index (χ4n) is 1.23. The molecule has 1 aliphatic rings. The first kappa shape index (κ1) is 9.52. The molecule has 1 aliphatic heterocycles. The van der Waals surface area contributed by atoms with Gasteiger partial charge >= 0.3 is 0 Å². The van der Waals surface area contributed by atoms with Crippen LogP contribution < -0.4 is 0 Å². The Morgan fingerprint density at radius 3 is 2.23 bits per heavy atom. The molecule has 2 nitrogen and oxygen atoms in total. The number of hydrogen-bond donors (Lipinski definition) is 0. The highest BCUT2D eigenvalue weighted by atomic mass is 16.2. The van der Waals surface area contributed by atoms with E-state index >= 15 is 0 Å². The van der Waals surface area contributed by atoms with Crippen molar-refractivity contribution in [3.05, 3.63) is 48.7 Å². The largest absolute Gasteiger partial charge is 0.308 e. The Labute approximate surface area is 78.5 Å². The highest BCUT2D eigenvalue weighted by Crippen LogP contribution is 2.30. The van der Waals surface area contributed by atoms with Gasteiger partial charge in [0, 0.05) is 12.6 Å². The van der Waals surface area contributed by atoms with Crippen LogP contribution in [0.1, 0.15) is 6.92 Å². The smallest absolute Gasteiger partial charge is 0.224 e. The number of nitrogens with zero attached hydrogens (tertiary/aromatic N) is 1. The molecule has 0 aliphatic carbocycles. The van der Waals surface area contributed by atoms with Crippen molar-refractivity contribution in [2.45, 2.75) is 6.92 Å². The molecule has 0 saturated carbocycles. The predicted molar refractivity (Wildman–Crippen MR) is 53.9 cm³/mol. The fourth-order valence-corrected chi connectivity index (χ4v) is 1.23. The first-order valence-corrected chi connectivity index (χ1v) is 3.99. The monoisotopic (exact) mass is 175 g/mol. The van der Waals surface area contributed by atoms with Gasteiger partial charge in [-0.3, -0.25) is 4.79 Å². The summed E-state index contributed by atoms with van der Waals surface area (Å²) in [7, 11) is 0. The molecule has 2 heteroatoms. The summed E-state index contributed by atoms with van der Waals surface area (Å²) in [6.07, 6.45) is 0. The van der Waals surface area contributed by atoms with E-state index in [0.29, 0.717) is 17.8 Å². The Balaban J connectivity index is 3.02. The van der Waals surface area contributed by atoms with Gasteiger partial charge in [-0.1, -0.05) is 26.3 Å². The molecule has 0 atom stereocenters. The zero-order valence-corrected chi connectivity index (χ0v) is 7.89. The Morgan fingerprint density at radius 2 is 1.77 bits per heavy atom. The summed E-state index contributed by atoms with van der Waals surface area (Å²) >= 11 is 0. The minimum atomic E-state index is -0.0419. The van der Waals surface area contributed by atoms with Crippen molar-refractivity contribution in [1.82, 2.24) is 4.90 Å². The van der Waals surface area contributed by atoms with Gasteiger partial charge in [0.1, 0.15) is 0 Å². The van der Waals surface area contributed by atoms with Gasteiger partial charge in [-0.25, -0.2) is 0 Å². The van der Waals surface area contributed by atoms with Gasteiger partial charge in [0.25, 0.3) is 0 Å². The number of hydrogen-bond acceptors (Lipinski definition) is 1. The van der Waals surface area contributed by atoms with E-state index in [0.717, 1.165) is 11.1 Å². The maximum absolute atomic E-state index is 11.2. The van der Waals surface area contributed by atoms with Crippen molar-refractivity contribution in [1.29, 1.82) is 0 Å². The van der Waals surface area contributed by atoms with Crippen LogP contribution in [-0.4, -0.2) is 17.4 Å². The molecular weight excluding hydrogens is 162 g/mol. The Hall–Kier alpha value is -1.57. The predicted octanol–water partition coefficient (Wildman–Crippen LogP) is 2.03. The molecule has 0 aromatic carbocycles. The summed E-state index contributed by atoms with van der Waals surface area (Å²) in [5, 5.41) is 0. The zero-order chi connectivity index (χ0) is 10.2. The van der Waals surface area contributed by atoms with E-state index in [4.69, 9.17) is 0 Å². The average molecular weight is 175 g/mol. The van der Waals surface area contributed by atoms with E-state index in [-0.39, 0.29) is 5.91 Å². The van der Waals surface area contributed by atoms with Crippen LogP contribution in [0, 0.1) is 0 Å². The van der Waals surface area contributed by atoms with Crippen LogP contribution in [0.3, 0.4) is 0 Å². The molecule has 13 heavy (non-hydrogen) atoms. The second-order valence-corrected chi connectivity index (χ2v) is 3.11. The third kappa shape index (κ3) is 1.47. The number of piperidine rings is 1. The summed E-state index contributed by atoms with van der Waals surface area (Å²) in [4.78, 5) is 12.7. The highest BCUT2D eigenvalue weighted by molar-refractivity contribution is 5.79. The molecule has 68 valence electrons. The number of rotatable bonds is 0. The SMILES string of the molecule is C=C1CN(C(C)=O)C(=C)C(=C)C1=C. The molecule has 1 amide bonds. The van der Waals surface area contributed by atoms with Crippen LogP contribution in [-0.2, 0) is 4.79 Å². The van der Waals surface area contributed by atoms with Gasteiger partial charge in [-0.2, -0.15) is 0 Å². The maximum atomic E-state index is 11.2. The van der Waals surface area contributed by atoms with Crippen molar-refractivity contribution < 1.29 is 4.79 Å². The molecule has 0 radical (unpaired) electrons. The molecule has 0 unspecified atom stereocenters. The Kier molecular flexibility index (Phi) is 2.24. The van der Waals surface area contributed by atoms with Crippen molar-refractivity contribution in [2.75, 3.05) is 6.54 Å². The molecule has 1 heterocycles. The lowest BCUT2D eigenvalue weighted by Gasteiger charge is -2.32. The lowest BCUT2D eigenvalue weighted by atomic mass is 9.94. The number of carbonyl (C=O) groups excluding carboxylic acids is 1. The van der Waals surface area contributed by atoms with Gasteiger partial charge in [0.05, 0.1) is 6.54 Å². The quantitative estimate of drug-likeness (QED) is 0.551. The van der Waals surface area contributed by atoms with Crippen LogP contribution in [0.2, 0.25) is 0 Å². The summed E-state index contributed by atoms with van der Waals surface area (Å²) < 4.78 is 0. The summed E-state index contributed by atoms with van der Waals surface area (Å²) in [5.74, 6) is -0.0419. The molecule has 0 spiro atoms. The van der Waals surface area contributed by atoms with Crippen LogP contribution in [0.5, 0.6) is 0 Å². The normalized spacial score (nSPS) is 18.1. The van der Waals surface area contributed by atoms with E-state index in [1.165, 1.54) is 6.92 Å². The molecule has 0 N–H and O–H groups in total. The zero-order valence-electron chi connectivity index (χ0n) is 7.89. The third-order valence-electron chi connectivity index (χ3n) is 2.19. The molecule has 1 rings (SSSR count). The number of carbonyl (C=O) groups is 1. The highest BCUT2D eigenvalue weighted by Gasteiger charge is 2.24. The number of amides is 1. The minimum absolute atomic E-state index is 0.0419.